The highest BCUT2D eigenvalue weighted by Gasteiger charge is 2.18. The van der Waals surface area contributed by atoms with Crippen LogP contribution < -0.4 is 0 Å². The van der Waals surface area contributed by atoms with E-state index in [-0.39, 0.29) is 0 Å². The van der Waals surface area contributed by atoms with Gasteiger partial charge in [-0.2, -0.15) is 0 Å². The lowest BCUT2D eigenvalue weighted by Gasteiger charge is -2.32. The second kappa shape index (κ2) is 5.67. The van der Waals surface area contributed by atoms with E-state index < -0.39 is 8.24 Å². The molecule has 1 aliphatic rings. The van der Waals surface area contributed by atoms with Gasteiger partial charge in [0.15, 0.2) is 0 Å². The highest BCUT2D eigenvalue weighted by atomic mass is 28.3. The maximum absolute atomic E-state index is 2.73. The van der Waals surface area contributed by atoms with Crippen LogP contribution in [0.4, 0.5) is 0 Å². The lowest BCUT2D eigenvalue weighted by Crippen LogP contribution is -2.45. The molecule has 4 heteroatoms. The summed E-state index contributed by atoms with van der Waals surface area (Å²) in [5.41, 5.74) is 0. The molecule has 0 radical (unpaired) electrons. The van der Waals surface area contributed by atoms with Crippen molar-refractivity contribution in [3.8, 4) is 0 Å². The molecular formula is C10H25AlN2Si. The van der Waals surface area contributed by atoms with Gasteiger partial charge >= 0.3 is 16.5 Å². The summed E-state index contributed by atoms with van der Waals surface area (Å²) in [7, 11) is -0.961. The molecule has 0 aromatic rings. The maximum Gasteiger partial charge on any atom is 0.314 e. The number of likely N-dealkylation sites (tertiary alicyclic amines) is 1. The Labute approximate surface area is 98.4 Å². The zero-order chi connectivity index (χ0) is 10.6. The van der Waals surface area contributed by atoms with E-state index in [2.05, 4.69) is 28.1 Å². The fourth-order valence-corrected chi connectivity index (χ4v) is 3.02. The first-order valence-corrected chi connectivity index (χ1v) is 10.3. The normalized spacial score (nSPS) is 19.4. The lowest BCUT2D eigenvalue weighted by atomic mass is 10.4. The average Bonchev–Trinajstić information content (AvgIpc) is 2.55. The van der Waals surface area contributed by atoms with Crippen molar-refractivity contribution in [1.29, 1.82) is 0 Å². The summed E-state index contributed by atoms with van der Waals surface area (Å²) in [6.45, 7) is 12.8. The predicted octanol–water partition coefficient (Wildman–Crippen LogP) is 1.16. The van der Waals surface area contributed by atoms with E-state index in [9.17, 15) is 0 Å². The van der Waals surface area contributed by atoms with Crippen LogP contribution in [0.2, 0.25) is 19.6 Å². The van der Waals surface area contributed by atoms with Gasteiger partial charge in [-0.3, -0.25) is 0 Å². The smallest absolute Gasteiger partial charge is 0.314 e. The van der Waals surface area contributed by atoms with Crippen LogP contribution in [0.5, 0.6) is 0 Å². The van der Waals surface area contributed by atoms with E-state index in [0.717, 1.165) is 0 Å². The van der Waals surface area contributed by atoms with Gasteiger partial charge in [-0.1, -0.05) is 19.6 Å². The Kier molecular flexibility index (Phi) is 5.16. The molecule has 1 saturated heterocycles. The molecule has 0 saturated carbocycles. The van der Waals surface area contributed by atoms with Gasteiger partial charge in [0.05, 0.1) is 8.24 Å². The van der Waals surface area contributed by atoms with Gasteiger partial charge in [-0.05, 0) is 45.4 Å². The molecule has 1 fully saturated rings. The SMILES string of the molecule is C[Si](C)(C)[N]([AlH2])CCCN1CCCC1. The molecule has 0 aromatic heterocycles. The molecule has 1 heterocycles. The molecule has 14 heavy (non-hydrogen) atoms. The zero-order valence-electron chi connectivity index (χ0n) is 10.3. The second-order valence-electron chi connectivity index (χ2n) is 5.49. The fourth-order valence-electron chi connectivity index (χ4n) is 1.87. The first-order valence-electron chi connectivity index (χ1n) is 5.94. The van der Waals surface area contributed by atoms with Gasteiger partial charge in [0, 0.05) is 0 Å². The standard InChI is InChI=1S/C10H23N2Si.Al.2H/c1-13(2,3)11-7-6-10-12-8-4-5-9-12;;;/h4-10H2,1-3H3;;;/q-1;+1;;. The number of hydrogen-bond acceptors (Lipinski definition) is 2. The van der Waals surface area contributed by atoms with Gasteiger partial charge in [0.2, 0.25) is 0 Å². The number of nitrogens with zero attached hydrogens (tertiary/aromatic N) is 2. The van der Waals surface area contributed by atoms with Crippen LogP contribution in [-0.2, 0) is 0 Å². The van der Waals surface area contributed by atoms with Crippen LogP contribution >= 0.6 is 0 Å². The molecule has 1 rings (SSSR count). The van der Waals surface area contributed by atoms with E-state index in [1.54, 1.807) is 0 Å². The fraction of sp³-hybridized carbons (Fsp3) is 1.00. The first kappa shape index (κ1) is 12.7. The Hall–Kier alpha value is 0.669. The molecule has 0 atom stereocenters. The molecular weight excluding hydrogens is 203 g/mol. The highest BCUT2D eigenvalue weighted by Crippen LogP contribution is 2.09. The lowest BCUT2D eigenvalue weighted by molar-refractivity contribution is 0.327. The van der Waals surface area contributed by atoms with Crippen molar-refractivity contribution >= 4 is 24.7 Å². The highest BCUT2D eigenvalue weighted by molar-refractivity contribution is 6.77. The number of rotatable bonds is 5. The van der Waals surface area contributed by atoms with E-state index in [1.807, 2.05) is 0 Å². The molecule has 0 spiro atoms. The average molecular weight is 228 g/mol. The van der Waals surface area contributed by atoms with Crippen molar-refractivity contribution in [2.45, 2.75) is 38.9 Å². The Morgan fingerprint density at radius 1 is 1.21 bits per heavy atom. The minimum absolute atomic E-state index is 0.961. The Morgan fingerprint density at radius 2 is 1.79 bits per heavy atom. The van der Waals surface area contributed by atoms with Crippen molar-refractivity contribution in [2.75, 3.05) is 26.2 Å². The van der Waals surface area contributed by atoms with E-state index in [0.29, 0.717) is 0 Å². The third-order valence-corrected chi connectivity index (χ3v) is 10.3. The topological polar surface area (TPSA) is 6.48 Å². The van der Waals surface area contributed by atoms with E-state index >= 15 is 0 Å². The first-order chi connectivity index (χ1) is 6.50. The third-order valence-electron chi connectivity index (χ3n) is 3.31. The van der Waals surface area contributed by atoms with Crippen LogP contribution in [-0.4, -0.2) is 59.4 Å². The van der Waals surface area contributed by atoms with Gasteiger partial charge in [-0.15, -0.1) is 0 Å². The van der Waals surface area contributed by atoms with Gasteiger partial charge in [-0.25, -0.2) is 0 Å². The van der Waals surface area contributed by atoms with Crippen LogP contribution in [0.1, 0.15) is 19.3 Å². The van der Waals surface area contributed by atoms with Gasteiger partial charge in [0.25, 0.3) is 0 Å². The minimum atomic E-state index is -0.961. The van der Waals surface area contributed by atoms with Crippen LogP contribution in [0, 0.1) is 0 Å². The second-order valence-corrected chi connectivity index (χ2v) is 12.6. The van der Waals surface area contributed by atoms with Crippen molar-refractivity contribution in [1.82, 2.24) is 8.45 Å². The predicted molar refractivity (Wildman–Crippen MR) is 68.9 cm³/mol. The third kappa shape index (κ3) is 4.46. The molecule has 2 nitrogen and oxygen atoms in total. The van der Waals surface area contributed by atoms with Crippen molar-refractivity contribution in [2.24, 2.45) is 0 Å². The molecule has 0 aromatic carbocycles. The summed E-state index contributed by atoms with van der Waals surface area (Å²) in [6.07, 6.45) is 4.24. The largest absolute Gasteiger partial charge is 0.414 e. The summed E-state index contributed by atoms with van der Waals surface area (Å²) < 4.78 is 2.73. The summed E-state index contributed by atoms with van der Waals surface area (Å²) >= 11 is 1.25. The van der Waals surface area contributed by atoms with Gasteiger partial charge in [0.1, 0.15) is 0 Å². The molecule has 0 N–H and O–H groups in total. The summed E-state index contributed by atoms with van der Waals surface area (Å²) in [5.74, 6) is 0. The van der Waals surface area contributed by atoms with Gasteiger partial charge < -0.3 is 8.45 Å². The monoisotopic (exact) mass is 228 g/mol. The molecule has 0 amide bonds. The van der Waals surface area contributed by atoms with Crippen molar-refractivity contribution < 1.29 is 0 Å². The van der Waals surface area contributed by atoms with Crippen LogP contribution in [0.15, 0.2) is 0 Å². The minimum Gasteiger partial charge on any atom is -0.414 e. The maximum atomic E-state index is 2.73. The Balaban J connectivity index is 2.08. The molecule has 0 bridgehead atoms. The van der Waals surface area contributed by atoms with E-state index in [4.69, 9.17) is 0 Å². The molecule has 82 valence electrons. The summed E-state index contributed by atoms with van der Waals surface area (Å²) in [6, 6.07) is 0. The van der Waals surface area contributed by atoms with Crippen LogP contribution in [0.25, 0.3) is 0 Å². The van der Waals surface area contributed by atoms with Crippen molar-refractivity contribution in [3.63, 3.8) is 0 Å². The van der Waals surface area contributed by atoms with Crippen LogP contribution in [0.3, 0.4) is 0 Å². The quantitative estimate of drug-likeness (QED) is 0.652. The van der Waals surface area contributed by atoms with E-state index in [1.165, 1.54) is 62.0 Å². The van der Waals surface area contributed by atoms with Crippen molar-refractivity contribution in [3.05, 3.63) is 0 Å². The summed E-state index contributed by atoms with van der Waals surface area (Å²) in [4.78, 5) is 2.62. The molecule has 0 aliphatic carbocycles. The molecule has 1 aliphatic heterocycles. The Morgan fingerprint density at radius 3 is 2.29 bits per heavy atom. The molecule has 0 unspecified atom stereocenters. The summed E-state index contributed by atoms with van der Waals surface area (Å²) in [5, 5.41) is 0. The Bertz CT molecular complexity index is 164. The zero-order valence-corrected chi connectivity index (χ0v) is 13.3. The number of hydrogen-bond donors (Lipinski definition) is 0.